The van der Waals surface area contributed by atoms with Gasteiger partial charge < -0.3 is 24.6 Å². The van der Waals surface area contributed by atoms with E-state index in [0.29, 0.717) is 17.8 Å². The van der Waals surface area contributed by atoms with Gasteiger partial charge >= 0.3 is 5.97 Å². The van der Waals surface area contributed by atoms with Gasteiger partial charge in [-0.25, -0.2) is 4.79 Å². The van der Waals surface area contributed by atoms with Gasteiger partial charge in [0.2, 0.25) is 0 Å². The van der Waals surface area contributed by atoms with Crippen molar-refractivity contribution in [3.63, 3.8) is 0 Å². The summed E-state index contributed by atoms with van der Waals surface area (Å²) in [6.45, 7) is 11.2. The van der Waals surface area contributed by atoms with E-state index in [1.165, 1.54) is 6.07 Å². The van der Waals surface area contributed by atoms with Crippen LogP contribution in [0.4, 0.5) is 0 Å². The average Bonchev–Trinajstić information content (AvgIpc) is 3.48. The van der Waals surface area contributed by atoms with Gasteiger partial charge in [0.15, 0.2) is 28.9 Å². The summed E-state index contributed by atoms with van der Waals surface area (Å²) in [6.07, 6.45) is 1.23. The van der Waals surface area contributed by atoms with Gasteiger partial charge in [0.25, 0.3) is 0 Å². The number of hydrogen-bond donors (Lipinski definition) is 3. The highest BCUT2D eigenvalue weighted by Gasteiger charge is 2.71. The standard InChI is InChI=1S/C29H33NO7.C2H6/c1-16-14-28-11-10-17(2)27(3,4)20(24(28)33)12-19(15-31)23(32)29(28,35)25(16)36-26(34)21-13-22(37-30-21)18-8-6-5-7-9-18;1-2/h5-9,12-14,17,20,23,25,31-32,35H,10-11,15H2,1-4H3;1-2H3. The summed E-state index contributed by atoms with van der Waals surface area (Å²) in [5.74, 6) is -1.24. The number of ether oxygens (including phenoxy) is 1. The van der Waals surface area contributed by atoms with E-state index in [0.717, 1.165) is 5.56 Å². The Labute approximate surface area is 229 Å². The molecule has 0 amide bonds. The third-order valence-corrected chi connectivity index (χ3v) is 9.10. The first kappa shape index (κ1) is 28.9. The van der Waals surface area contributed by atoms with Crippen molar-refractivity contribution in [2.45, 2.75) is 72.2 Å². The minimum Gasteiger partial charge on any atom is -0.450 e. The number of allylic oxidation sites excluding steroid dienone is 1. The van der Waals surface area contributed by atoms with E-state index in [-0.39, 0.29) is 29.4 Å². The highest BCUT2D eigenvalue weighted by Crippen LogP contribution is 2.60. The molecule has 1 aromatic heterocycles. The lowest BCUT2D eigenvalue weighted by molar-refractivity contribution is -0.181. The van der Waals surface area contributed by atoms with Crippen LogP contribution in [-0.4, -0.2) is 56.6 Å². The van der Waals surface area contributed by atoms with Crippen molar-refractivity contribution in [2.24, 2.45) is 22.7 Å². The summed E-state index contributed by atoms with van der Waals surface area (Å²) in [4.78, 5) is 27.4. The quantitative estimate of drug-likeness (QED) is 0.384. The van der Waals surface area contributed by atoms with Crippen molar-refractivity contribution < 1.29 is 34.2 Å². The molecule has 2 aromatic rings. The average molecular weight is 538 g/mol. The number of hydrogen-bond acceptors (Lipinski definition) is 8. The van der Waals surface area contributed by atoms with Crippen molar-refractivity contribution in [3.8, 4) is 11.3 Å². The maximum Gasteiger partial charge on any atom is 0.361 e. The van der Waals surface area contributed by atoms with Gasteiger partial charge in [0.1, 0.15) is 6.10 Å². The predicted octanol–water partition coefficient (Wildman–Crippen LogP) is 4.51. The van der Waals surface area contributed by atoms with E-state index in [9.17, 15) is 24.9 Å². The molecule has 5 rings (SSSR count). The number of aromatic nitrogens is 1. The Kier molecular flexibility index (Phi) is 7.78. The molecule has 210 valence electrons. The van der Waals surface area contributed by atoms with Crippen LogP contribution in [-0.2, 0) is 9.53 Å². The smallest absolute Gasteiger partial charge is 0.361 e. The Hall–Kier alpha value is -3.07. The molecule has 0 radical (unpaired) electrons. The summed E-state index contributed by atoms with van der Waals surface area (Å²) < 4.78 is 11.1. The summed E-state index contributed by atoms with van der Waals surface area (Å²) in [7, 11) is 0. The molecular formula is C31H39NO7. The van der Waals surface area contributed by atoms with Crippen LogP contribution in [0, 0.1) is 22.7 Å². The Bertz CT molecular complexity index is 1290. The first-order valence-electron chi connectivity index (χ1n) is 13.7. The number of rotatable bonds is 4. The number of aliphatic hydroxyl groups excluding tert-OH is 2. The number of fused-ring (bicyclic) bond motifs is 1. The molecule has 0 aliphatic heterocycles. The Morgan fingerprint density at radius 2 is 1.87 bits per heavy atom. The van der Waals surface area contributed by atoms with Gasteiger partial charge in [0.05, 0.1) is 12.0 Å². The highest BCUT2D eigenvalue weighted by atomic mass is 16.6. The molecule has 39 heavy (non-hydrogen) atoms. The van der Waals surface area contributed by atoms with Gasteiger partial charge in [-0.05, 0) is 42.2 Å². The number of ketones is 1. The van der Waals surface area contributed by atoms with Crippen molar-refractivity contribution >= 4 is 11.8 Å². The molecule has 0 saturated heterocycles. The fourth-order valence-electron chi connectivity index (χ4n) is 6.43. The fourth-order valence-corrected chi connectivity index (χ4v) is 6.43. The van der Waals surface area contributed by atoms with Gasteiger partial charge in [-0.3, -0.25) is 4.79 Å². The zero-order chi connectivity index (χ0) is 28.8. The maximum atomic E-state index is 14.2. The number of esters is 1. The van der Waals surface area contributed by atoms with Crippen molar-refractivity contribution in [3.05, 3.63) is 65.4 Å². The van der Waals surface area contributed by atoms with Crippen LogP contribution in [0.15, 0.2) is 64.2 Å². The topological polar surface area (TPSA) is 130 Å². The van der Waals surface area contributed by atoms with E-state index in [1.807, 2.05) is 58.0 Å². The lowest BCUT2D eigenvalue weighted by Gasteiger charge is -2.45. The molecule has 1 aromatic carbocycles. The molecule has 3 aliphatic rings. The summed E-state index contributed by atoms with van der Waals surface area (Å²) in [5, 5.41) is 37.8. The molecule has 1 heterocycles. The predicted molar refractivity (Wildman–Crippen MR) is 145 cm³/mol. The number of nitrogens with zero attached hydrogens (tertiary/aromatic N) is 1. The van der Waals surface area contributed by atoms with Crippen LogP contribution in [0.25, 0.3) is 11.3 Å². The molecule has 1 saturated carbocycles. The Balaban J connectivity index is 0.00000172. The highest BCUT2D eigenvalue weighted by molar-refractivity contribution is 5.95. The third kappa shape index (κ3) is 4.29. The van der Waals surface area contributed by atoms with Crippen LogP contribution in [0.2, 0.25) is 0 Å². The number of carbonyl (C=O) groups is 2. The molecule has 6 atom stereocenters. The Morgan fingerprint density at radius 3 is 2.51 bits per heavy atom. The zero-order valence-electron chi connectivity index (χ0n) is 23.5. The minimum atomic E-state index is -2.20. The van der Waals surface area contributed by atoms with Crippen LogP contribution >= 0.6 is 0 Å². The van der Waals surface area contributed by atoms with Crippen LogP contribution in [0.5, 0.6) is 0 Å². The molecule has 6 unspecified atom stereocenters. The molecular weight excluding hydrogens is 498 g/mol. The Morgan fingerprint density at radius 1 is 1.21 bits per heavy atom. The van der Waals surface area contributed by atoms with E-state index >= 15 is 0 Å². The molecule has 8 heteroatoms. The molecule has 2 bridgehead atoms. The summed E-state index contributed by atoms with van der Waals surface area (Å²) in [5.41, 5.74) is -2.93. The van der Waals surface area contributed by atoms with E-state index in [2.05, 4.69) is 12.1 Å². The van der Waals surface area contributed by atoms with E-state index in [1.54, 1.807) is 19.1 Å². The largest absolute Gasteiger partial charge is 0.450 e. The number of carbonyl (C=O) groups excluding carboxylic acids is 2. The SMILES string of the molecule is CC.CC1=CC23CCC(C)C(C)(C)C(C=C(CO)C(O)C2(O)C1OC(=O)c1cc(-c2ccccc2)on1)C3=O. The summed E-state index contributed by atoms with van der Waals surface area (Å²) >= 11 is 0. The van der Waals surface area contributed by atoms with Crippen LogP contribution in [0.3, 0.4) is 0 Å². The van der Waals surface area contributed by atoms with Gasteiger partial charge in [-0.1, -0.05) is 82.3 Å². The monoisotopic (exact) mass is 537 g/mol. The zero-order valence-corrected chi connectivity index (χ0v) is 23.5. The normalized spacial score (nSPS) is 33.0. The lowest BCUT2D eigenvalue weighted by Crippen LogP contribution is -2.63. The number of Topliss-reactive ketones (excluding diaryl/α,β-unsaturated/α-hetero) is 1. The van der Waals surface area contributed by atoms with Gasteiger partial charge in [-0.2, -0.15) is 0 Å². The van der Waals surface area contributed by atoms with Crippen molar-refractivity contribution in [2.75, 3.05) is 6.61 Å². The van der Waals surface area contributed by atoms with Crippen molar-refractivity contribution in [1.82, 2.24) is 5.16 Å². The first-order chi connectivity index (χ1) is 18.5. The van der Waals surface area contributed by atoms with Crippen LogP contribution < -0.4 is 0 Å². The van der Waals surface area contributed by atoms with E-state index in [4.69, 9.17) is 9.26 Å². The second kappa shape index (κ2) is 10.5. The van der Waals surface area contributed by atoms with E-state index < -0.39 is 47.1 Å². The lowest BCUT2D eigenvalue weighted by atomic mass is 9.63. The van der Waals surface area contributed by atoms with Crippen molar-refractivity contribution in [1.29, 1.82) is 0 Å². The second-order valence-electron chi connectivity index (χ2n) is 11.3. The molecule has 1 spiro atoms. The van der Waals surface area contributed by atoms with Crippen LogP contribution in [0.1, 0.15) is 64.9 Å². The molecule has 8 nitrogen and oxygen atoms in total. The molecule has 3 N–H and O–H groups in total. The maximum absolute atomic E-state index is 14.2. The minimum absolute atomic E-state index is 0.0999. The van der Waals surface area contributed by atoms with Gasteiger partial charge in [-0.15, -0.1) is 0 Å². The summed E-state index contributed by atoms with van der Waals surface area (Å²) in [6, 6.07) is 10.6. The fraction of sp³-hybridized carbons (Fsp3) is 0.516. The second-order valence-corrected chi connectivity index (χ2v) is 11.3. The third-order valence-electron chi connectivity index (χ3n) is 9.10. The molecule has 3 aliphatic carbocycles. The number of benzene rings is 1. The number of aliphatic hydroxyl groups is 3. The first-order valence-corrected chi connectivity index (χ1v) is 13.7. The molecule has 1 fully saturated rings. The van der Waals surface area contributed by atoms with Gasteiger partial charge in [0, 0.05) is 17.5 Å².